The van der Waals surface area contributed by atoms with Crippen LogP contribution in [0.1, 0.15) is 77.7 Å². The van der Waals surface area contributed by atoms with Gasteiger partial charge in [-0.25, -0.2) is 8.78 Å². The van der Waals surface area contributed by atoms with E-state index in [1.807, 2.05) is 0 Å². The Balaban J connectivity index is -0.00000118. The van der Waals surface area contributed by atoms with Gasteiger partial charge in [0.05, 0.1) is 0 Å². The first kappa shape index (κ1) is 27.5. The van der Waals surface area contributed by atoms with E-state index in [4.69, 9.17) is 6.42 Å². The van der Waals surface area contributed by atoms with Crippen molar-refractivity contribution in [1.29, 1.82) is 0 Å². The van der Waals surface area contributed by atoms with Crippen LogP contribution in [0, 0.1) is 56.6 Å². The standard InChI is InChI=1S/C22H30F2.C2H.CH3.Y.2H2/c1-3-4-16-6-8-17(9-7-16)18-10-12-19(13-11-18)20-14-5-15(2)21(23)22(20)24;1-2;;;;/h3,5,14,16-19H,1,4,6-13H2,2H3;1H;1H3;;2*1H/q;2*-1;;;. The molecule has 0 unspecified atom stereocenters. The fourth-order valence-electron chi connectivity index (χ4n) is 5.01. The molecule has 157 valence electrons. The van der Waals surface area contributed by atoms with Crippen LogP contribution in [0.15, 0.2) is 24.8 Å². The SMILES string of the molecule is C=CCC1CCC(C2CCC(c3ccc(C)c(F)c3F)CC2)CC1.[C-]#C.[CH3-].[HH].[HH].[Y]. The molecule has 0 aromatic heterocycles. The van der Waals surface area contributed by atoms with Gasteiger partial charge in [-0.3, -0.25) is 0 Å². The van der Waals surface area contributed by atoms with Crippen molar-refractivity contribution < 1.29 is 44.3 Å². The summed E-state index contributed by atoms with van der Waals surface area (Å²) >= 11 is 0. The molecule has 3 heteroatoms. The van der Waals surface area contributed by atoms with Crippen molar-refractivity contribution in [3.8, 4) is 6.42 Å². The van der Waals surface area contributed by atoms with Crippen molar-refractivity contribution in [3.63, 3.8) is 0 Å². The van der Waals surface area contributed by atoms with Crippen LogP contribution in [-0.4, -0.2) is 0 Å². The topological polar surface area (TPSA) is 0 Å². The molecule has 2 saturated carbocycles. The summed E-state index contributed by atoms with van der Waals surface area (Å²) in [6.07, 6.45) is 22.0. The predicted octanol–water partition coefficient (Wildman–Crippen LogP) is 8.08. The quantitative estimate of drug-likeness (QED) is 0.240. The molecule has 28 heavy (non-hydrogen) atoms. The molecule has 0 saturated heterocycles. The summed E-state index contributed by atoms with van der Waals surface area (Å²) in [6.45, 7) is 5.49. The van der Waals surface area contributed by atoms with Gasteiger partial charge in [0.15, 0.2) is 11.6 Å². The van der Waals surface area contributed by atoms with Crippen molar-refractivity contribution >= 4 is 0 Å². The maximum atomic E-state index is 14.2. The Bertz CT molecular complexity index is 617. The van der Waals surface area contributed by atoms with Gasteiger partial charge in [0, 0.05) is 35.6 Å². The minimum absolute atomic E-state index is 0. The van der Waals surface area contributed by atoms with Crippen LogP contribution in [0.3, 0.4) is 0 Å². The average molecular weight is 465 g/mol. The van der Waals surface area contributed by atoms with Gasteiger partial charge in [-0.15, -0.1) is 6.58 Å². The summed E-state index contributed by atoms with van der Waals surface area (Å²) in [6, 6.07) is 3.53. The van der Waals surface area contributed by atoms with Crippen LogP contribution in [0.25, 0.3) is 0 Å². The Labute approximate surface area is 199 Å². The van der Waals surface area contributed by atoms with E-state index in [2.05, 4.69) is 19.1 Å². The Morgan fingerprint density at radius 1 is 1.00 bits per heavy atom. The van der Waals surface area contributed by atoms with Gasteiger partial charge >= 0.3 is 0 Å². The number of aryl methyl sites for hydroxylation is 1. The van der Waals surface area contributed by atoms with Gasteiger partial charge in [-0.2, -0.15) is 0 Å². The molecule has 0 spiro atoms. The second-order valence-corrected chi connectivity index (χ2v) is 8.02. The molecule has 1 aromatic rings. The molecule has 2 aliphatic rings. The molecule has 0 atom stereocenters. The van der Waals surface area contributed by atoms with E-state index in [-0.39, 0.29) is 48.9 Å². The zero-order chi connectivity index (χ0) is 19.1. The zero-order valence-corrected chi connectivity index (χ0v) is 20.4. The summed E-state index contributed by atoms with van der Waals surface area (Å²) in [5.41, 5.74) is 1.01. The molecule has 2 fully saturated rings. The molecule has 2 aliphatic carbocycles. The van der Waals surface area contributed by atoms with Gasteiger partial charge in [-0.05, 0) is 99.5 Å². The molecule has 1 radical (unpaired) electrons. The molecule has 0 amide bonds. The minimum atomic E-state index is -0.657. The van der Waals surface area contributed by atoms with E-state index in [0.717, 1.165) is 37.0 Å². The fraction of sp³-hybridized carbons (Fsp3) is 0.560. The van der Waals surface area contributed by atoms with Crippen molar-refractivity contribution in [2.75, 3.05) is 0 Å². The molecule has 3 rings (SSSR count). The van der Waals surface area contributed by atoms with E-state index in [1.165, 1.54) is 38.5 Å². The van der Waals surface area contributed by atoms with E-state index in [9.17, 15) is 8.78 Å². The van der Waals surface area contributed by atoms with Crippen LogP contribution < -0.4 is 0 Å². The smallest absolute Gasteiger partial charge is 0.162 e. The number of benzene rings is 1. The van der Waals surface area contributed by atoms with Crippen molar-refractivity contribution in [3.05, 3.63) is 61.4 Å². The zero-order valence-electron chi connectivity index (χ0n) is 17.5. The Morgan fingerprint density at radius 2 is 1.50 bits per heavy atom. The normalized spacial score (nSPS) is 26.6. The van der Waals surface area contributed by atoms with Crippen LogP contribution in [0.4, 0.5) is 8.78 Å². The first-order chi connectivity index (χ1) is 12.6. The van der Waals surface area contributed by atoms with Crippen molar-refractivity contribution in [2.45, 2.75) is 70.6 Å². The summed E-state index contributed by atoms with van der Waals surface area (Å²) < 4.78 is 28.1. The summed E-state index contributed by atoms with van der Waals surface area (Å²) in [4.78, 5) is 0. The number of halogens is 2. The van der Waals surface area contributed by atoms with E-state index in [0.29, 0.717) is 11.1 Å². The van der Waals surface area contributed by atoms with Crippen molar-refractivity contribution in [1.82, 2.24) is 0 Å². The number of terminal acetylenes is 1. The van der Waals surface area contributed by atoms with Gasteiger partial charge in [0.2, 0.25) is 0 Å². The molecular weight excluding hydrogens is 427 g/mol. The van der Waals surface area contributed by atoms with E-state index < -0.39 is 11.6 Å². The van der Waals surface area contributed by atoms with Gasteiger partial charge < -0.3 is 20.3 Å². The maximum Gasteiger partial charge on any atom is 0.162 e. The van der Waals surface area contributed by atoms with Gasteiger partial charge in [0.1, 0.15) is 0 Å². The Hall–Kier alpha value is -0.516. The third kappa shape index (κ3) is 6.78. The third-order valence-electron chi connectivity index (χ3n) is 6.58. The molecule has 0 N–H and O–H groups in total. The largest absolute Gasteiger partial charge is 0.697 e. The van der Waals surface area contributed by atoms with Crippen LogP contribution in [0.2, 0.25) is 0 Å². The number of hydrogen-bond donors (Lipinski definition) is 0. The number of hydrogen-bond acceptors (Lipinski definition) is 0. The molecule has 0 heterocycles. The predicted molar refractivity (Wildman–Crippen MR) is 115 cm³/mol. The van der Waals surface area contributed by atoms with Crippen LogP contribution in [-0.2, 0) is 32.7 Å². The Kier molecular flexibility index (Phi) is 13.4. The fourth-order valence-corrected chi connectivity index (χ4v) is 5.01. The third-order valence-corrected chi connectivity index (χ3v) is 6.58. The molecule has 0 aliphatic heterocycles. The summed E-state index contributed by atoms with van der Waals surface area (Å²) in [7, 11) is 0. The second kappa shape index (κ2) is 13.7. The second-order valence-electron chi connectivity index (χ2n) is 8.02. The summed E-state index contributed by atoms with van der Waals surface area (Å²) in [5.74, 6) is 1.43. The van der Waals surface area contributed by atoms with Crippen LogP contribution >= 0.6 is 0 Å². The van der Waals surface area contributed by atoms with Crippen LogP contribution in [0.5, 0.6) is 0 Å². The molecule has 1 aromatic carbocycles. The summed E-state index contributed by atoms with van der Waals surface area (Å²) in [5, 5.41) is 0. The maximum absolute atomic E-state index is 14.2. The first-order valence-corrected chi connectivity index (χ1v) is 9.94. The number of allylic oxidation sites excluding steroid dienone is 1. The monoisotopic (exact) mass is 465 g/mol. The van der Waals surface area contributed by atoms with E-state index in [1.54, 1.807) is 19.1 Å². The van der Waals surface area contributed by atoms with Crippen molar-refractivity contribution in [2.24, 2.45) is 17.8 Å². The van der Waals surface area contributed by atoms with E-state index >= 15 is 0 Å². The molecule has 0 bridgehead atoms. The first-order valence-electron chi connectivity index (χ1n) is 9.94. The minimum Gasteiger partial charge on any atom is -0.697 e. The Morgan fingerprint density at radius 3 is 2.00 bits per heavy atom. The van der Waals surface area contributed by atoms with Gasteiger partial charge in [-0.1, -0.05) is 18.2 Å². The number of rotatable bonds is 4. The molecular formula is C25H38F2Y-2. The van der Waals surface area contributed by atoms with Gasteiger partial charge in [0.25, 0.3) is 0 Å². The average Bonchev–Trinajstić information content (AvgIpc) is 2.69. The molecule has 0 nitrogen and oxygen atoms in total.